The van der Waals surface area contributed by atoms with Gasteiger partial charge in [-0.1, -0.05) is 6.92 Å². The summed E-state index contributed by atoms with van der Waals surface area (Å²) in [7, 11) is 0. The van der Waals surface area contributed by atoms with Crippen molar-refractivity contribution in [3.05, 3.63) is 21.9 Å². The van der Waals surface area contributed by atoms with E-state index in [-0.39, 0.29) is 11.3 Å². The summed E-state index contributed by atoms with van der Waals surface area (Å²) in [4.78, 5) is 12.4. The lowest BCUT2D eigenvalue weighted by Crippen LogP contribution is -2.50. The van der Waals surface area contributed by atoms with Gasteiger partial charge in [-0.3, -0.25) is 4.79 Å². The van der Waals surface area contributed by atoms with E-state index in [0.717, 1.165) is 32.4 Å². The van der Waals surface area contributed by atoms with Crippen LogP contribution in [0.15, 0.2) is 10.8 Å². The molecule has 3 nitrogen and oxygen atoms in total. The maximum atomic E-state index is 12.4. The van der Waals surface area contributed by atoms with Crippen LogP contribution in [0.1, 0.15) is 37.3 Å². The van der Waals surface area contributed by atoms with Crippen molar-refractivity contribution in [2.45, 2.75) is 39.7 Å². The van der Waals surface area contributed by atoms with Crippen LogP contribution in [-0.4, -0.2) is 19.0 Å². The lowest BCUT2D eigenvalue weighted by Gasteiger charge is -2.35. The van der Waals surface area contributed by atoms with Crippen molar-refractivity contribution >= 4 is 17.2 Å². The first-order valence-electron chi connectivity index (χ1n) is 6.68. The first-order valence-corrected chi connectivity index (χ1v) is 7.63. The van der Waals surface area contributed by atoms with Gasteiger partial charge in [-0.05, 0) is 54.6 Å². The molecule has 1 fully saturated rings. The van der Waals surface area contributed by atoms with Gasteiger partial charge in [0, 0.05) is 13.1 Å². The summed E-state index contributed by atoms with van der Waals surface area (Å²) in [6, 6.07) is 0. The van der Waals surface area contributed by atoms with Gasteiger partial charge in [0.2, 0.25) is 5.91 Å². The van der Waals surface area contributed by atoms with E-state index < -0.39 is 0 Å². The fraction of sp³-hybridized carbons (Fsp3) is 0.643. The molecule has 4 heteroatoms. The Morgan fingerprint density at radius 3 is 2.94 bits per heavy atom. The molecule has 1 aliphatic heterocycles. The summed E-state index contributed by atoms with van der Waals surface area (Å²) < 4.78 is 0. The number of carbonyl (C=O) groups is 1. The Labute approximate surface area is 113 Å². The van der Waals surface area contributed by atoms with Crippen LogP contribution in [-0.2, 0) is 11.3 Å². The minimum Gasteiger partial charge on any atom is -0.351 e. The fourth-order valence-corrected chi connectivity index (χ4v) is 3.41. The Hall–Kier alpha value is -0.870. The van der Waals surface area contributed by atoms with Gasteiger partial charge in [-0.2, -0.15) is 11.3 Å². The Kier molecular flexibility index (Phi) is 4.40. The Balaban J connectivity index is 1.96. The minimum absolute atomic E-state index is 0.192. The van der Waals surface area contributed by atoms with E-state index >= 15 is 0 Å². The first-order chi connectivity index (χ1) is 8.68. The predicted molar refractivity (Wildman–Crippen MR) is 75.7 cm³/mol. The highest BCUT2D eigenvalue weighted by molar-refractivity contribution is 7.08. The molecule has 1 amide bonds. The average molecular weight is 266 g/mol. The van der Waals surface area contributed by atoms with E-state index in [0.29, 0.717) is 6.54 Å². The van der Waals surface area contributed by atoms with Crippen LogP contribution in [0.4, 0.5) is 0 Å². The van der Waals surface area contributed by atoms with Gasteiger partial charge in [0.1, 0.15) is 0 Å². The Morgan fingerprint density at radius 1 is 1.56 bits per heavy atom. The van der Waals surface area contributed by atoms with E-state index in [4.69, 9.17) is 0 Å². The molecular weight excluding hydrogens is 244 g/mol. The lowest BCUT2D eigenvalue weighted by molar-refractivity contribution is -0.132. The monoisotopic (exact) mass is 266 g/mol. The summed E-state index contributed by atoms with van der Waals surface area (Å²) >= 11 is 1.69. The number of amides is 1. The molecule has 0 aromatic carbocycles. The van der Waals surface area contributed by atoms with Gasteiger partial charge in [0.25, 0.3) is 0 Å². The molecule has 1 aromatic rings. The zero-order valence-electron chi connectivity index (χ0n) is 11.2. The largest absolute Gasteiger partial charge is 0.351 e. The Bertz CT molecular complexity index is 408. The number of hydrogen-bond donors (Lipinski definition) is 2. The highest BCUT2D eigenvalue weighted by atomic mass is 32.1. The molecule has 0 radical (unpaired) electrons. The van der Waals surface area contributed by atoms with E-state index in [1.165, 1.54) is 11.1 Å². The average Bonchev–Trinajstić information content (AvgIpc) is 2.82. The number of rotatable bonds is 4. The van der Waals surface area contributed by atoms with Crippen molar-refractivity contribution in [1.82, 2.24) is 10.6 Å². The highest BCUT2D eigenvalue weighted by Gasteiger charge is 2.37. The van der Waals surface area contributed by atoms with Gasteiger partial charge in [0.05, 0.1) is 5.41 Å². The van der Waals surface area contributed by atoms with Gasteiger partial charge < -0.3 is 10.6 Å². The lowest BCUT2D eigenvalue weighted by atomic mass is 9.77. The molecule has 0 saturated carbocycles. The molecule has 1 aromatic heterocycles. The SMILES string of the molecule is CCC1(C(=O)NCc2cscc2C)CCCNC1. The number of hydrogen-bond acceptors (Lipinski definition) is 3. The van der Waals surface area contributed by atoms with Crippen LogP contribution in [0.5, 0.6) is 0 Å². The van der Waals surface area contributed by atoms with Crippen molar-refractivity contribution in [2.75, 3.05) is 13.1 Å². The zero-order valence-corrected chi connectivity index (χ0v) is 12.0. The number of aryl methyl sites for hydroxylation is 1. The number of carbonyl (C=O) groups excluding carboxylic acids is 1. The summed E-state index contributed by atoms with van der Waals surface area (Å²) in [5.41, 5.74) is 2.32. The molecule has 1 saturated heterocycles. The highest BCUT2D eigenvalue weighted by Crippen LogP contribution is 2.30. The summed E-state index contributed by atoms with van der Waals surface area (Å²) in [5, 5.41) is 10.7. The molecule has 2 N–H and O–H groups in total. The van der Waals surface area contributed by atoms with Crippen LogP contribution in [0.2, 0.25) is 0 Å². The number of thiophene rings is 1. The molecule has 1 atom stereocenters. The van der Waals surface area contributed by atoms with Crippen LogP contribution >= 0.6 is 11.3 Å². The van der Waals surface area contributed by atoms with E-state index in [1.807, 2.05) is 0 Å². The number of piperidine rings is 1. The predicted octanol–water partition coefficient (Wildman–Crippen LogP) is 2.45. The third kappa shape index (κ3) is 2.75. The van der Waals surface area contributed by atoms with Gasteiger partial charge in [0.15, 0.2) is 0 Å². The second-order valence-electron chi connectivity index (χ2n) is 5.18. The molecule has 1 unspecified atom stereocenters. The van der Waals surface area contributed by atoms with E-state index in [1.54, 1.807) is 11.3 Å². The topological polar surface area (TPSA) is 41.1 Å². The van der Waals surface area contributed by atoms with Crippen molar-refractivity contribution in [1.29, 1.82) is 0 Å². The molecule has 0 aliphatic carbocycles. The normalized spacial score (nSPS) is 23.9. The van der Waals surface area contributed by atoms with Crippen LogP contribution in [0.25, 0.3) is 0 Å². The minimum atomic E-state index is -0.192. The van der Waals surface area contributed by atoms with Crippen molar-refractivity contribution in [3.63, 3.8) is 0 Å². The summed E-state index contributed by atoms with van der Waals surface area (Å²) in [5.74, 6) is 0.211. The molecule has 2 rings (SSSR count). The molecule has 18 heavy (non-hydrogen) atoms. The second kappa shape index (κ2) is 5.85. The zero-order chi connectivity index (χ0) is 13.0. The van der Waals surface area contributed by atoms with Crippen molar-refractivity contribution in [3.8, 4) is 0 Å². The molecule has 2 heterocycles. The number of nitrogens with one attached hydrogen (secondary N) is 2. The van der Waals surface area contributed by atoms with Gasteiger partial charge in [-0.15, -0.1) is 0 Å². The first kappa shape index (κ1) is 13.6. The maximum absolute atomic E-state index is 12.4. The molecule has 1 aliphatic rings. The van der Waals surface area contributed by atoms with Crippen LogP contribution < -0.4 is 10.6 Å². The van der Waals surface area contributed by atoms with E-state index in [9.17, 15) is 4.79 Å². The second-order valence-corrected chi connectivity index (χ2v) is 5.92. The Morgan fingerprint density at radius 2 is 2.39 bits per heavy atom. The molecular formula is C14H22N2OS. The summed E-state index contributed by atoms with van der Waals surface area (Å²) in [6.45, 7) is 6.73. The van der Waals surface area contributed by atoms with Crippen LogP contribution in [0.3, 0.4) is 0 Å². The quantitative estimate of drug-likeness (QED) is 0.879. The smallest absolute Gasteiger partial charge is 0.227 e. The summed E-state index contributed by atoms with van der Waals surface area (Å²) in [6.07, 6.45) is 3.01. The van der Waals surface area contributed by atoms with Gasteiger partial charge in [-0.25, -0.2) is 0 Å². The molecule has 0 spiro atoms. The standard InChI is InChI=1S/C14H22N2OS/c1-3-14(5-4-6-15-10-14)13(17)16-7-12-9-18-8-11(12)2/h8-9,15H,3-7,10H2,1-2H3,(H,16,17). The third-order valence-electron chi connectivity index (χ3n) is 4.03. The van der Waals surface area contributed by atoms with E-state index in [2.05, 4.69) is 35.2 Å². The third-order valence-corrected chi connectivity index (χ3v) is 4.94. The maximum Gasteiger partial charge on any atom is 0.227 e. The molecule has 0 bridgehead atoms. The van der Waals surface area contributed by atoms with Crippen molar-refractivity contribution < 1.29 is 4.79 Å². The van der Waals surface area contributed by atoms with Crippen LogP contribution in [0, 0.1) is 12.3 Å². The fourth-order valence-electron chi connectivity index (χ4n) is 2.55. The van der Waals surface area contributed by atoms with Gasteiger partial charge >= 0.3 is 0 Å². The molecule has 100 valence electrons. The van der Waals surface area contributed by atoms with Crippen molar-refractivity contribution in [2.24, 2.45) is 5.41 Å².